The van der Waals surface area contributed by atoms with Gasteiger partial charge < -0.3 is 4.74 Å². The second-order valence-corrected chi connectivity index (χ2v) is 4.31. The summed E-state index contributed by atoms with van der Waals surface area (Å²) >= 11 is 0. The molecule has 1 nitrogen and oxygen atoms in total. The van der Waals surface area contributed by atoms with Gasteiger partial charge in [0.05, 0.1) is 6.10 Å². The average molecular weight is 236 g/mol. The van der Waals surface area contributed by atoms with Crippen LogP contribution in [0.1, 0.15) is 25.0 Å². The lowest BCUT2D eigenvalue weighted by Crippen LogP contribution is -2.05. The van der Waals surface area contributed by atoms with E-state index in [2.05, 4.69) is 11.8 Å². The summed E-state index contributed by atoms with van der Waals surface area (Å²) in [6.45, 7) is 4.03. The van der Waals surface area contributed by atoms with Gasteiger partial charge in [-0.2, -0.15) is 0 Å². The highest BCUT2D eigenvalue weighted by atomic mass is 16.5. The Morgan fingerprint density at radius 3 is 2.22 bits per heavy atom. The first-order valence-corrected chi connectivity index (χ1v) is 6.08. The van der Waals surface area contributed by atoms with Crippen LogP contribution < -0.4 is 4.74 Å². The van der Waals surface area contributed by atoms with Crippen molar-refractivity contribution < 1.29 is 4.74 Å². The maximum absolute atomic E-state index is 5.64. The Kier molecular flexibility index (Phi) is 4.04. The molecule has 0 unspecified atom stereocenters. The first kappa shape index (κ1) is 12.3. The van der Waals surface area contributed by atoms with Crippen LogP contribution in [0.25, 0.3) is 0 Å². The van der Waals surface area contributed by atoms with Crippen molar-refractivity contribution in [2.75, 3.05) is 0 Å². The maximum Gasteiger partial charge on any atom is 0.120 e. The molecule has 0 fully saturated rings. The van der Waals surface area contributed by atoms with Gasteiger partial charge in [0.2, 0.25) is 0 Å². The van der Waals surface area contributed by atoms with Crippen LogP contribution in [0.5, 0.6) is 5.75 Å². The SMILES string of the molecule is CC(C)Oc1cccc(C#Cc2ccccc2)c1. The van der Waals surface area contributed by atoms with E-state index in [4.69, 9.17) is 4.74 Å². The zero-order valence-corrected chi connectivity index (χ0v) is 10.7. The number of rotatable bonds is 2. The Bertz CT molecular complexity index is 559. The fourth-order valence-electron chi connectivity index (χ4n) is 1.59. The molecule has 0 bridgehead atoms. The van der Waals surface area contributed by atoms with Gasteiger partial charge in [-0.15, -0.1) is 0 Å². The quantitative estimate of drug-likeness (QED) is 0.719. The van der Waals surface area contributed by atoms with Crippen LogP contribution in [0.2, 0.25) is 0 Å². The third kappa shape index (κ3) is 3.68. The molecule has 0 amide bonds. The second kappa shape index (κ2) is 5.93. The first-order chi connectivity index (χ1) is 8.74. The third-order valence-electron chi connectivity index (χ3n) is 2.33. The molecule has 18 heavy (non-hydrogen) atoms. The summed E-state index contributed by atoms with van der Waals surface area (Å²) < 4.78 is 5.64. The molecular formula is C17H16O. The monoisotopic (exact) mass is 236 g/mol. The summed E-state index contributed by atoms with van der Waals surface area (Å²) in [5, 5.41) is 0. The predicted octanol–water partition coefficient (Wildman–Crippen LogP) is 3.87. The molecule has 0 saturated carbocycles. The molecule has 0 aromatic heterocycles. The molecule has 90 valence electrons. The zero-order valence-electron chi connectivity index (χ0n) is 10.7. The number of hydrogen-bond acceptors (Lipinski definition) is 1. The van der Waals surface area contributed by atoms with Crippen molar-refractivity contribution in [2.45, 2.75) is 20.0 Å². The van der Waals surface area contributed by atoms with Crippen LogP contribution in [0, 0.1) is 11.8 Å². The lowest BCUT2D eigenvalue weighted by molar-refractivity contribution is 0.242. The van der Waals surface area contributed by atoms with Crippen LogP contribution in [-0.4, -0.2) is 6.10 Å². The maximum atomic E-state index is 5.64. The van der Waals surface area contributed by atoms with Crippen molar-refractivity contribution >= 4 is 0 Å². The number of ether oxygens (including phenoxy) is 1. The first-order valence-electron chi connectivity index (χ1n) is 6.08. The van der Waals surface area contributed by atoms with Crippen molar-refractivity contribution in [2.24, 2.45) is 0 Å². The van der Waals surface area contributed by atoms with E-state index in [9.17, 15) is 0 Å². The average Bonchev–Trinajstić information content (AvgIpc) is 2.37. The molecule has 0 aliphatic carbocycles. The lowest BCUT2D eigenvalue weighted by Gasteiger charge is -2.09. The fraction of sp³-hybridized carbons (Fsp3) is 0.176. The minimum Gasteiger partial charge on any atom is -0.491 e. The topological polar surface area (TPSA) is 9.23 Å². The van der Waals surface area contributed by atoms with E-state index in [1.54, 1.807) is 0 Å². The van der Waals surface area contributed by atoms with E-state index in [0.29, 0.717) is 0 Å². The van der Waals surface area contributed by atoms with Crippen LogP contribution >= 0.6 is 0 Å². The van der Waals surface area contributed by atoms with Crippen LogP contribution in [0.4, 0.5) is 0 Å². The lowest BCUT2D eigenvalue weighted by atomic mass is 10.2. The van der Waals surface area contributed by atoms with E-state index in [1.165, 1.54) is 0 Å². The molecule has 2 aromatic carbocycles. The molecule has 0 heterocycles. The molecule has 0 radical (unpaired) electrons. The Labute approximate surface area is 108 Å². The van der Waals surface area contributed by atoms with Crippen molar-refractivity contribution in [1.29, 1.82) is 0 Å². The summed E-state index contributed by atoms with van der Waals surface area (Å²) in [7, 11) is 0. The highest BCUT2D eigenvalue weighted by Crippen LogP contribution is 2.14. The van der Waals surface area contributed by atoms with Gasteiger partial charge in [0.25, 0.3) is 0 Å². The Balaban J connectivity index is 2.17. The van der Waals surface area contributed by atoms with Crippen LogP contribution in [0.15, 0.2) is 54.6 Å². The molecule has 0 aliphatic rings. The molecule has 0 spiro atoms. The fourth-order valence-corrected chi connectivity index (χ4v) is 1.59. The molecule has 0 atom stereocenters. The van der Waals surface area contributed by atoms with E-state index in [0.717, 1.165) is 16.9 Å². The Hall–Kier alpha value is -2.20. The van der Waals surface area contributed by atoms with Gasteiger partial charge in [-0.25, -0.2) is 0 Å². The Morgan fingerprint density at radius 1 is 0.833 bits per heavy atom. The van der Waals surface area contributed by atoms with Crippen molar-refractivity contribution in [3.8, 4) is 17.6 Å². The van der Waals surface area contributed by atoms with Crippen molar-refractivity contribution in [3.05, 3.63) is 65.7 Å². The van der Waals surface area contributed by atoms with Gasteiger partial charge in [-0.3, -0.25) is 0 Å². The van der Waals surface area contributed by atoms with E-state index in [-0.39, 0.29) is 6.10 Å². The Morgan fingerprint density at radius 2 is 1.50 bits per heavy atom. The number of hydrogen-bond donors (Lipinski definition) is 0. The summed E-state index contributed by atoms with van der Waals surface area (Å²) in [5.41, 5.74) is 1.99. The standard InChI is InChI=1S/C17H16O/c1-14(2)18-17-10-6-9-16(13-17)12-11-15-7-4-3-5-8-15/h3-10,13-14H,1-2H3. The minimum absolute atomic E-state index is 0.183. The summed E-state index contributed by atoms with van der Waals surface area (Å²) in [4.78, 5) is 0. The summed E-state index contributed by atoms with van der Waals surface area (Å²) in [6.07, 6.45) is 0.183. The normalized spacial score (nSPS) is 9.72. The predicted molar refractivity (Wildman–Crippen MR) is 74.6 cm³/mol. The van der Waals surface area contributed by atoms with Crippen molar-refractivity contribution in [1.82, 2.24) is 0 Å². The molecular weight excluding hydrogens is 220 g/mol. The molecule has 0 saturated heterocycles. The summed E-state index contributed by atoms with van der Waals surface area (Å²) in [6, 6.07) is 17.8. The molecule has 1 heteroatoms. The second-order valence-electron chi connectivity index (χ2n) is 4.31. The molecule has 2 rings (SSSR count). The van der Waals surface area contributed by atoms with Gasteiger partial charge in [0.15, 0.2) is 0 Å². The van der Waals surface area contributed by atoms with Gasteiger partial charge in [-0.1, -0.05) is 36.1 Å². The smallest absolute Gasteiger partial charge is 0.120 e. The van der Waals surface area contributed by atoms with Gasteiger partial charge >= 0.3 is 0 Å². The molecule has 2 aromatic rings. The van der Waals surface area contributed by atoms with Crippen LogP contribution in [0.3, 0.4) is 0 Å². The molecule has 0 N–H and O–H groups in total. The van der Waals surface area contributed by atoms with Crippen molar-refractivity contribution in [3.63, 3.8) is 0 Å². The number of benzene rings is 2. The summed E-state index contributed by atoms with van der Waals surface area (Å²) in [5.74, 6) is 7.15. The van der Waals surface area contributed by atoms with Crippen LogP contribution in [-0.2, 0) is 0 Å². The van der Waals surface area contributed by atoms with E-state index < -0.39 is 0 Å². The molecule has 0 aliphatic heterocycles. The largest absolute Gasteiger partial charge is 0.491 e. The highest BCUT2D eigenvalue weighted by Gasteiger charge is 1.97. The van der Waals surface area contributed by atoms with Gasteiger partial charge in [0.1, 0.15) is 5.75 Å². The van der Waals surface area contributed by atoms with E-state index in [1.807, 2.05) is 68.4 Å². The third-order valence-corrected chi connectivity index (χ3v) is 2.33. The van der Waals surface area contributed by atoms with Gasteiger partial charge in [0, 0.05) is 11.1 Å². The van der Waals surface area contributed by atoms with E-state index >= 15 is 0 Å². The van der Waals surface area contributed by atoms with Gasteiger partial charge in [-0.05, 0) is 44.2 Å². The zero-order chi connectivity index (χ0) is 12.8. The minimum atomic E-state index is 0.183. The highest BCUT2D eigenvalue weighted by molar-refractivity contribution is 5.45.